The van der Waals surface area contributed by atoms with Crippen molar-refractivity contribution < 1.29 is 9.59 Å². The van der Waals surface area contributed by atoms with Gasteiger partial charge in [0.1, 0.15) is 0 Å². The van der Waals surface area contributed by atoms with Gasteiger partial charge in [-0.05, 0) is 45.4 Å². The van der Waals surface area contributed by atoms with Crippen LogP contribution in [0.25, 0.3) is 0 Å². The zero-order valence-electron chi connectivity index (χ0n) is 13.7. The van der Waals surface area contributed by atoms with Crippen LogP contribution in [0.4, 0.5) is 0 Å². The van der Waals surface area contributed by atoms with Crippen LogP contribution in [-0.2, 0) is 11.3 Å². The Labute approximate surface area is 139 Å². The summed E-state index contributed by atoms with van der Waals surface area (Å²) in [7, 11) is 0. The van der Waals surface area contributed by atoms with Crippen LogP contribution in [-0.4, -0.2) is 34.7 Å². The number of nitrogens with zero attached hydrogens (tertiary/aromatic N) is 2. The summed E-state index contributed by atoms with van der Waals surface area (Å²) < 4.78 is 1.93. The normalized spacial score (nSPS) is 10.6. The van der Waals surface area contributed by atoms with Crippen LogP contribution in [0.3, 0.4) is 0 Å². The fourth-order valence-electron chi connectivity index (χ4n) is 2.22. The minimum absolute atomic E-state index is 0.00428. The third-order valence-corrected chi connectivity index (χ3v) is 4.35. The van der Waals surface area contributed by atoms with E-state index in [1.165, 1.54) is 11.3 Å². The average Bonchev–Trinajstić information content (AvgIpc) is 3.07. The lowest BCUT2D eigenvalue weighted by Crippen LogP contribution is -2.37. The number of aromatic nitrogens is 2. The van der Waals surface area contributed by atoms with E-state index in [4.69, 9.17) is 0 Å². The van der Waals surface area contributed by atoms with Crippen LogP contribution in [0, 0.1) is 20.8 Å². The SMILES string of the molecule is Cc1cc(C)n(CCCNC(=O)CNC(=O)c2ccc(C)s2)n1. The summed E-state index contributed by atoms with van der Waals surface area (Å²) in [5.41, 5.74) is 2.12. The Morgan fingerprint density at radius 3 is 2.61 bits per heavy atom. The van der Waals surface area contributed by atoms with Gasteiger partial charge in [-0.2, -0.15) is 5.10 Å². The Morgan fingerprint density at radius 2 is 2.00 bits per heavy atom. The first-order valence-electron chi connectivity index (χ1n) is 7.58. The fourth-order valence-corrected chi connectivity index (χ4v) is 3.01. The maximum Gasteiger partial charge on any atom is 0.261 e. The van der Waals surface area contributed by atoms with Gasteiger partial charge in [0, 0.05) is 23.7 Å². The van der Waals surface area contributed by atoms with Crippen molar-refractivity contribution in [2.75, 3.05) is 13.1 Å². The van der Waals surface area contributed by atoms with Gasteiger partial charge in [0.05, 0.1) is 17.1 Å². The van der Waals surface area contributed by atoms with Gasteiger partial charge in [-0.3, -0.25) is 14.3 Å². The molecule has 2 aromatic heterocycles. The molecule has 0 aliphatic rings. The van der Waals surface area contributed by atoms with E-state index >= 15 is 0 Å². The molecular weight excluding hydrogens is 312 g/mol. The highest BCUT2D eigenvalue weighted by atomic mass is 32.1. The first kappa shape index (κ1) is 17.2. The molecule has 0 radical (unpaired) electrons. The lowest BCUT2D eigenvalue weighted by molar-refractivity contribution is -0.120. The maximum atomic E-state index is 11.8. The molecule has 0 aliphatic carbocycles. The van der Waals surface area contributed by atoms with E-state index in [1.807, 2.05) is 37.6 Å². The Balaban J connectivity index is 1.63. The second kappa shape index (κ2) is 7.92. The maximum absolute atomic E-state index is 11.8. The smallest absolute Gasteiger partial charge is 0.261 e. The highest BCUT2D eigenvalue weighted by molar-refractivity contribution is 7.13. The molecule has 0 saturated carbocycles. The summed E-state index contributed by atoms with van der Waals surface area (Å²) in [6.07, 6.45) is 0.797. The number of aryl methyl sites for hydroxylation is 4. The molecule has 0 fully saturated rings. The predicted molar refractivity (Wildman–Crippen MR) is 90.7 cm³/mol. The molecule has 0 aromatic carbocycles. The van der Waals surface area contributed by atoms with E-state index in [0.29, 0.717) is 11.4 Å². The summed E-state index contributed by atoms with van der Waals surface area (Å²) in [6.45, 7) is 7.24. The zero-order valence-corrected chi connectivity index (χ0v) is 14.5. The predicted octanol–water partition coefficient (Wildman–Crippen LogP) is 1.81. The molecule has 2 rings (SSSR count). The zero-order chi connectivity index (χ0) is 16.8. The van der Waals surface area contributed by atoms with E-state index in [0.717, 1.165) is 29.2 Å². The summed E-state index contributed by atoms with van der Waals surface area (Å²) in [5, 5.41) is 9.79. The first-order valence-corrected chi connectivity index (χ1v) is 8.40. The first-order chi connectivity index (χ1) is 11.0. The summed E-state index contributed by atoms with van der Waals surface area (Å²) >= 11 is 1.42. The van der Waals surface area contributed by atoms with Gasteiger partial charge in [-0.15, -0.1) is 11.3 Å². The van der Waals surface area contributed by atoms with Crippen molar-refractivity contribution in [3.05, 3.63) is 39.3 Å². The third-order valence-electron chi connectivity index (χ3n) is 3.35. The second-order valence-corrected chi connectivity index (χ2v) is 6.73. The van der Waals surface area contributed by atoms with E-state index in [-0.39, 0.29) is 18.4 Å². The second-order valence-electron chi connectivity index (χ2n) is 5.45. The molecule has 0 spiro atoms. The molecule has 0 unspecified atom stereocenters. The largest absolute Gasteiger partial charge is 0.355 e. The van der Waals surface area contributed by atoms with Crippen molar-refractivity contribution in [1.82, 2.24) is 20.4 Å². The Morgan fingerprint density at radius 1 is 1.22 bits per heavy atom. The molecule has 0 saturated heterocycles. The molecule has 23 heavy (non-hydrogen) atoms. The summed E-state index contributed by atoms with van der Waals surface area (Å²) in [6, 6.07) is 5.68. The van der Waals surface area contributed by atoms with Crippen molar-refractivity contribution in [2.45, 2.75) is 33.7 Å². The van der Waals surface area contributed by atoms with Crippen LogP contribution in [0.5, 0.6) is 0 Å². The van der Waals surface area contributed by atoms with Gasteiger partial charge in [-0.25, -0.2) is 0 Å². The van der Waals surface area contributed by atoms with Crippen LogP contribution >= 0.6 is 11.3 Å². The number of rotatable bonds is 7. The number of amides is 2. The fraction of sp³-hybridized carbons (Fsp3) is 0.438. The average molecular weight is 334 g/mol. The number of thiophene rings is 1. The monoisotopic (exact) mass is 334 g/mol. The molecule has 0 atom stereocenters. The van der Waals surface area contributed by atoms with Gasteiger partial charge in [0.2, 0.25) is 5.91 Å². The van der Waals surface area contributed by atoms with Gasteiger partial charge in [-0.1, -0.05) is 0 Å². The highest BCUT2D eigenvalue weighted by Gasteiger charge is 2.09. The highest BCUT2D eigenvalue weighted by Crippen LogP contribution is 2.14. The summed E-state index contributed by atoms with van der Waals surface area (Å²) in [4.78, 5) is 25.2. The van der Waals surface area contributed by atoms with Gasteiger partial charge < -0.3 is 10.6 Å². The minimum atomic E-state index is -0.208. The van der Waals surface area contributed by atoms with Gasteiger partial charge in [0.15, 0.2) is 0 Å². The lowest BCUT2D eigenvalue weighted by Gasteiger charge is -2.07. The van der Waals surface area contributed by atoms with Gasteiger partial charge in [0.25, 0.3) is 5.91 Å². The lowest BCUT2D eigenvalue weighted by atomic mass is 10.3. The molecule has 2 amide bonds. The standard InChI is InChI=1S/C16H22N4O2S/c1-11-9-12(2)20(19-11)8-4-7-17-15(21)10-18-16(22)14-6-5-13(3)23-14/h5-6,9H,4,7-8,10H2,1-3H3,(H,17,21)(H,18,22). The topological polar surface area (TPSA) is 76.0 Å². The summed E-state index contributed by atoms with van der Waals surface area (Å²) in [5.74, 6) is -0.388. The van der Waals surface area contributed by atoms with Crippen LogP contribution in [0.15, 0.2) is 18.2 Å². The van der Waals surface area contributed by atoms with E-state index in [9.17, 15) is 9.59 Å². The van der Waals surface area contributed by atoms with Crippen LogP contribution in [0.1, 0.15) is 32.4 Å². The minimum Gasteiger partial charge on any atom is -0.355 e. The van der Waals surface area contributed by atoms with Crippen molar-refractivity contribution in [3.8, 4) is 0 Å². The molecule has 0 aliphatic heterocycles. The molecule has 124 valence electrons. The molecule has 0 bridgehead atoms. The number of carbonyl (C=O) groups is 2. The van der Waals surface area contributed by atoms with Crippen molar-refractivity contribution >= 4 is 23.2 Å². The molecule has 2 aromatic rings. The number of hydrogen-bond acceptors (Lipinski definition) is 4. The molecular formula is C16H22N4O2S. The molecule has 2 N–H and O–H groups in total. The third kappa shape index (κ3) is 5.21. The number of hydrogen-bond donors (Lipinski definition) is 2. The van der Waals surface area contributed by atoms with Crippen molar-refractivity contribution in [2.24, 2.45) is 0 Å². The van der Waals surface area contributed by atoms with Crippen molar-refractivity contribution in [3.63, 3.8) is 0 Å². The quantitative estimate of drug-likeness (QED) is 0.758. The number of nitrogens with one attached hydrogen (secondary N) is 2. The van der Waals surface area contributed by atoms with Crippen LogP contribution < -0.4 is 10.6 Å². The van der Waals surface area contributed by atoms with E-state index < -0.39 is 0 Å². The molecule has 2 heterocycles. The molecule has 7 heteroatoms. The number of carbonyl (C=O) groups excluding carboxylic acids is 2. The van der Waals surface area contributed by atoms with Gasteiger partial charge >= 0.3 is 0 Å². The Bertz CT molecular complexity index is 690. The Kier molecular flexibility index (Phi) is 5.92. The van der Waals surface area contributed by atoms with E-state index in [2.05, 4.69) is 15.7 Å². The van der Waals surface area contributed by atoms with Crippen LogP contribution in [0.2, 0.25) is 0 Å². The van der Waals surface area contributed by atoms with Crippen molar-refractivity contribution in [1.29, 1.82) is 0 Å². The van der Waals surface area contributed by atoms with E-state index in [1.54, 1.807) is 6.07 Å². The molecule has 6 nitrogen and oxygen atoms in total. The Hall–Kier alpha value is -2.15.